The third kappa shape index (κ3) is 4.01. The van der Waals surface area contributed by atoms with E-state index in [-0.39, 0.29) is 0 Å². The molecule has 0 aliphatic rings. The predicted octanol–water partition coefficient (Wildman–Crippen LogP) is 4.97. The first-order valence-electron chi connectivity index (χ1n) is 7.93. The maximum atomic E-state index is 5.78. The lowest BCUT2D eigenvalue weighted by Crippen LogP contribution is -2.00. The van der Waals surface area contributed by atoms with Crippen molar-refractivity contribution in [1.29, 1.82) is 0 Å². The van der Waals surface area contributed by atoms with E-state index in [9.17, 15) is 0 Å². The van der Waals surface area contributed by atoms with Crippen LogP contribution in [-0.4, -0.2) is 11.6 Å². The molecule has 0 fully saturated rings. The van der Waals surface area contributed by atoms with Crippen molar-refractivity contribution in [1.82, 2.24) is 4.98 Å². The summed E-state index contributed by atoms with van der Waals surface area (Å²) in [6.07, 6.45) is 1.77. The molecule has 3 aromatic rings. The van der Waals surface area contributed by atoms with Gasteiger partial charge in [-0.25, -0.2) is 4.98 Å². The van der Waals surface area contributed by atoms with Gasteiger partial charge in [-0.15, -0.1) is 0 Å². The second kappa shape index (κ2) is 7.14. The summed E-state index contributed by atoms with van der Waals surface area (Å²) in [7, 11) is 0. The second-order valence-corrected chi connectivity index (χ2v) is 5.66. The summed E-state index contributed by atoms with van der Waals surface area (Å²) in [6, 6.07) is 18.1. The quantitative estimate of drug-likeness (QED) is 0.603. The van der Waals surface area contributed by atoms with Crippen LogP contribution in [0, 0.1) is 13.8 Å². The average Bonchev–Trinajstić information content (AvgIpc) is 2.94. The molecule has 0 spiro atoms. The molecule has 118 valence electrons. The van der Waals surface area contributed by atoms with Gasteiger partial charge in [0.15, 0.2) is 0 Å². The molecule has 0 N–H and O–H groups in total. The third-order valence-corrected chi connectivity index (χ3v) is 3.73. The van der Waals surface area contributed by atoms with E-state index in [0.717, 1.165) is 35.6 Å². The fourth-order valence-corrected chi connectivity index (χ4v) is 2.50. The van der Waals surface area contributed by atoms with Gasteiger partial charge in [-0.3, -0.25) is 0 Å². The van der Waals surface area contributed by atoms with E-state index in [1.54, 1.807) is 0 Å². The van der Waals surface area contributed by atoms with E-state index in [2.05, 4.69) is 24.0 Å². The lowest BCUT2D eigenvalue weighted by molar-refractivity contribution is 0.310. The van der Waals surface area contributed by atoms with E-state index in [1.165, 1.54) is 5.56 Å². The normalized spacial score (nSPS) is 10.7. The fourth-order valence-electron chi connectivity index (χ4n) is 2.50. The molecule has 0 unspecified atom stereocenters. The van der Waals surface area contributed by atoms with Crippen molar-refractivity contribution in [3.8, 4) is 17.2 Å². The predicted molar refractivity (Wildman–Crippen MR) is 91.7 cm³/mol. The highest BCUT2D eigenvalue weighted by Gasteiger charge is 2.10. The van der Waals surface area contributed by atoms with Crippen molar-refractivity contribution in [2.24, 2.45) is 0 Å². The van der Waals surface area contributed by atoms with Crippen LogP contribution in [0.2, 0.25) is 0 Å². The Kier molecular flexibility index (Phi) is 4.77. The van der Waals surface area contributed by atoms with Crippen LogP contribution in [-0.2, 0) is 6.42 Å². The number of aryl methyl sites for hydroxylation is 3. The Morgan fingerprint density at radius 3 is 2.61 bits per heavy atom. The van der Waals surface area contributed by atoms with Crippen molar-refractivity contribution in [2.45, 2.75) is 26.7 Å². The summed E-state index contributed by atoms with van der Waals surface area (Å²) in [5.41, 5.74) is 3.23. The Morgan fingerprint density at radius 1 is 1.00 bits per heavy atom. The maximum absolute atomic E-state index is 5.78. The summed E-state index contributed by atoms with van der Waals surface area (Å²) in [5.74, 6) is 2.50. The van der Waals surface area contributed by atoms with E-state index in [4.69, 9.17) is 9.15 Å². The van der Waals surface area contributed by atoms with Gasteiger partial charge in [0.2, 0.25) is 5.89 Å². The van der Waals surface area contributed by atoms with Crippen LogP contribution in [0.1, 0.15) is 23.4 Å². The summed E-state index contributed by atoms with van der Waals surface area (Å²) in [5, 5.41) is 0. The van der Waals surface area contributed by atoms with Crippen LogP contribution in [0.4, 0.5) is 0 Å². The van der Waals surface area contributed by atoms with Crippen molar-refractivity contribution >= 4 is 0 Å². The Bertz CT molecular complexity index is 762. The van der Waals surface area contributed by atoms with E-state index < -0.39 is 0 Å². The lowest BCUT2D eigenvalue weighted by atomic mass is 10.2. The van der Waals surface area contributed by atoms with E-state index in [0.29, 0.717) is 12.5 Å². The minimum absolute atomic E-state index is 0.677. The van der Waals surface area contributed by atoms with Crippen LogP contribution in [0.15, 0.2) is 59.0 Å². The van der Waals surface area contributed by atoms with Gasteiger partial charge >= 0.3 is 0 Å². The molecule has 3 rings (SSSR count). The molecule has 0 saturated heterocycles. The van der Waals surface area contributed by atoms with Gasteiger partial charge in [-0.2, -0.15) is 0 Å². The molecule has 0 saturated carbocycles. The Balaban J connectivity index is 1.56. The molecule has 2 aromatic carbocycles. The Hall–Kier alpha value is -2.55. The van der Waals surface area contributed by atoms with Gasteiger partial charge in [0.05, 0.1) is 12.3 Å². The average molecular weight is 307 g/mol. The Morgan fingerprint density at radius 2 is 1.83 bits per heavy atom. The molecular formula is C20H21NO2. The standard InChI is InChI=1S/C20H21NO2/c1-15-8-6-11-18(14-15)22-13-7-12-19-16(2)23-20(21-19)17-9-4-3-5-10-17/h3-6,8-11,14H,7,12-13H2,1-2H3. The summed E-state index contributed by atoms with van der Waals surface area (Å²) >= 11 is 0. The molecule has 0 radical (unpaired) electrons. The zero-order valence-electron chi connectivity index (χ0n) is 13.6. The molecule has 0 atom stereocenters. The van der Waals surface area contributed by atoms with Gasteiger partial charge in [0, 0.05) is 5.56 Å². The molecule has 23 heavy (non-hydrogen) atoms. The van der Waals surface area contributed by atoms with E-state index >= 15 is 0 Å². The van der Waals surface area contributed by atoms with Gasteiger partial charge in [0.1, 0.15) is 11.5 Å². The van der Waals surface area contributed by atoms with Crippen LogP contribution < -0.4 is 4.74 Å². The van der Waals surface area contributed by atoms with Crippen molar-refractivity contribution in [3.63, 3.8) is 0 Å². The monoisotopic (exact) mass is 307 g/mol. The summed E-state index contributed by atoms with van der Waals surface area (Å²) < 4.78 is 11.6. The summed E-state index contributed by atoms with van der Waals surface area (Å²) in [6.45, 7) is 4.71. The first-order valence-corrected chi connectivity index (χ1v) is 7.93. The molecule has 1 heterocycles. The second-order valence-electron chi connectivity index (χ2n) is 5.66. The number of ether oxygens (including phenoxy) is 1. The molecule has 0 bridgehead atoms. The highest BCUT2D eigenvalue weighted by molar-refractivity contribution is 5.53. The van der Waals surface area contributed by atoms with Crippen LogP contribution >= 0.6 is 0 Å². The van der Waals surface area contributed by atoms with Crippen LogP contribution in [0.25, 0.3) is 11.5 Å². The minimum Gasteiger partial charge on any atom is -0.494 e. The SMILES string of the molecule is Cc1cccc(OCCCc2nc(-c3ccccc3)oc2C)c1. The largest absolute Gasteiger partial charge is 0.494 e. The van der Waals surface area contributed by atoms with E-state index in [1.807, 2.05) is 49.4 Å². The number of nitrogens with zero attached hydrogens (tertiary/aromatic N) is 1. The number of oxazole rings is 1. The number of aromatic nitrogens is 1. The maximum Gasteiger partial charge on any atom is 0.226 e. The smallest absolute Gasteiger partial charge is 0.226 e. The Labute approximate surface area is 136 Å². The zero-order chi connectivity index (χ0) is 16.1. The molecule has 3 heteroatoms. The number of hydrogen-bond donors (Lipinski definition) is 0. The van der Waals surface area contributed by atoms with Crippen molar-refractivity contribution in [2.75, 3.05) is 6.61 Å². The zero-order valence-corrected chi connectivity index (χ0v) is 13.6. The topological polar surface area (TPSA) is 35.3 Å². The first-order chi connectivity index (χ1) is 11.2. The van der Waals surface area contributed by atoms with Gasteiger partial charge in [-0.1, -0.05) is 30.3 Å². The molecule has 0 amide bonds. The molecule has 0 aliphatic carbocycles. The lowest BCUT2D eigenvalue weighted by Gasteiger charge is -2.06. The minimum atomic E-state index is 0.677. The van der Waals surface area contributed by atoms with Crippen LogP contribution in [0.5, 0.6) is 5.75 Å². The first kappa shape index (κ1) is 15.3. The third-order valence-electron chi connectivity index (χ3n) is 3.73. The molecular weight excluding hydrogens is 286 g/mol. The van der Waals surface area contributed by atoms with Crippen LogP contribution in [0.3, 0.4) is 0 Å². The van der Waals surface area contributed by atoms with Gasteiger partial charge in [-0.05, 0) is 56.5 Å². The molecule has 1 aromatic heterocycles. The highest BCUT2D eigenvalue weighted by atomic mass is 16.5. The molecule has 3 nitrogen and oxygen atoms in total. The number of hydrogen-bond acceptors (Lipinski definition) is 3. The number of benzene rings is 2. The highest BCUT2D eigenvalue weighted by Crippen LogP contribution is 2.22. The summed E-state index contributed by atoms with van der Waals surface area (Å²) in [4.78, 5) is 4.62. The van der Waals surface area contributed by atoms with Crippen molar-refractivity contribution in [3.05, 3.63) is 71.6 Å². The molecule has 0 aliphatic heterocycles. The van der Waals surface area contributed by atoms with Gasteiger partial charge in [0.25, 0.3) is 0 Å². The van der Waals surface area contributed by atoms with Crippen molar-refractivity contribution < 1.29 is 9.15 Å². The van der Waals surface area contributed by atoms with Gasteiger partial charge < -0.3 is 9.15 Å². The fraction of sp³-hybridized carbons (Fsp3) is 0.250. The number of rotatable bonds is 6.